The maximum atomic E-state index is 10.7. The van der Waals surface area contributed by atoms with Crippen molar-refractivity contribution in [1.82, 2.24) is 15.2 Å². The average molecular weight is 277 g/mol. The number of nitrogens with one attached hydrogen (secondary N) is 1. The lowest BCUT2D eigenvalue weighted by Gasteiger charge is -2.16. The molecule has 0 unspecified atom stereocenters. The minimum atomic E-state index is -0.456. The van der Waals surface area contributed by atoms with Gasteiger partial charge in [-0.1, -0.05) is 11.6 Å². The van der Waals surface area contributed by atoms with Crippen LogP contribution < -0.4 is 5.32 Å². The van der Waals surface area contributed by atoms with Crippen LogP contribution in [0.15, 0.2) is 18.2 Å². The molecule has 0 aromatic carbocycles. The lowest BCUT2D eigenvalue weighted by molar-refractivity contribution is -0.432. The Morgan fingerprint density at radius 3 is 2.94 bits per heavy atom. The fourth-order valence-corrected chi connectivity index (χ4v) is 2.19. The van der Waals surface area contributed by atoms with Crippen LogP contribution in [0.5, 0.6) is 0 Å². The molecule has 8 heteroatoms. The second-order valence-electron chi connectivity index (χ2n) is 3.16. The summed E-state index contributed by atoms with van der Waals surface area (Å²) >= 11 is 7.09. The van der Waals surface area contributed by atoms with Crippen LogP contribution in [0.25, 0.3) is 0 Å². The molecular formula is C9H13ClN4O2S. The van der Waals surface area contributed by atoms with Crippen molar-refractivity contribution in [2.75, 3.05) is 13.6 Å². The first-order chi connectivity index (χ1) is 8.06. The van der Waals surface area contributed by atoms with E-state index in [0.717, 1.165) is 4.88 Å². The molecule has 1 aromatic rings. The minimum Gasteiger partial charge on any atom is -0.366 e. The smallest absolute Gasteiger partial charge is 0.331 e. The number of hydrogen-bond acceptors (Lipinski definition) is 6. The van der Waals surface area contributed by atoms with Crippen molar-refractivity contribution >= 4 is 22.9 Å². The molecule has 0 fully saturated rings. The molecule has 1 N–H and O–H groups in total. The Morgan fingerprint density at radius 1 is 1.82 bits per heavy atom. The highest BCUT2D eigenvalue weighted by Crippen LogP contribution is 2.19. The third-order valence-electron chi connectivity index (χ3n) is 2.05. The van der Waals surface area contributed by atoms with Crippen LogP contribution in [0, 0.1) is 10.1 Å². The number of halogens is 1. The van der Waals surface area contributed by atoms with Gasteiger partial charge >= 0.3 is 5.82 Å². The van der Waals surface area contributed by atoms with Gasteiger partial charge in [-0.05, 0) is 11.8 Å². The third-order valence-corrected chi connectivity index (χ3v) is 3.15. The van der Waals surface area contributed by atoms with Gasteiger partial charge in [-0.15, -0.1) is 11.3 Å². The molecule has 0 saturated carbocycles. The zero-order valence-corrected chi connectivity index (χ0v) is 11.1. The molecule has 6 nitrogen and oxygen atoms in total. The standard InChI is InChI=1S/C9H13ClN4O2S/c1-3-13(6-8(11-2)14(15)16)5-7-4-12-9(10)17-7/h4,6,11H,3,5H2,1-2H3. The SMILES string of the molecule is CCN(C=C(NC)[N+](=O)[O-])Cc1cnc(Cl)s1. The van der Waals surface area contributed by atoms with Crippen molar-refractivity contribution < 1.29 is 4.92 Å². The molecule has 0 aliphatic rings. The summed E-state index contributed by atoms with van der Waals surface area (Å²) < 4.78 is 0.475. The quantitative estimate of drug-likeness (QED) is 0.635. The van der Waals surface area contributed by atoms with Crippen molar-refractivity contribution in [3.8, 4) is 0 Å². The van der Waals surface area contributed by atoms with Gasteiger partial charge in [0, 0.05) is 17.6 Å². The molecule has 94 valence electrons. The molecule has 17 heavy (non-hydrogen) atoms. The molecule has 1 heterocycles. The summed E-state index contributed by atoms with van der Waals surface area (Å²) in [5, 5.41) is 13.2. The zero-order valence-electron chi connectivity index (χ0n) is 9.51. The Hall–Kier alpha value is -1.34. The van der Waals surface area contributed by atoms with E-state index >= 15 is 0 Å². The topological polar surface area (TPSA) is 71.3 Å². The molecule has 0 atom stereocenters. The van der Waals surface area contributed by atoms with E-state index in [1.807, 2.05) is 11.8 Å². The van der Waals surface area contributed by atoms with Gasteiger partial charge in [-0.25, -0.2) is 4.98 Å². The van der Waals surface area contributed by atoms with Crippen molar-refractivity contribution in [1.29, 1.82) is 0 Å². The van der Waals surface area contributed by atoms with E-state index in [-0.39, 0.29) is 5.82 Å². The van der Waals surface area contributed by atoms with E-state index in [1.54, 1.807) is 6.20 Å². The van der Waals surface area contributed by atoms with Crippen LogP contribution in [0.3, 0.4) is 0 Å². The van der Waals surface area contributed by atoms with Gasteiger partial charge in [-0.2, -0.15) is 0 Å². The molecule has 1 aromatic heterocycles. The summed E-state index contributed by atoms with van der Waals surface area (Å²) in [6, 6.07) is 0. The van der Waals surface area contributed by atoms with Crippen LogP contribution >= 0.6 is 22.9 Å². The van der Waals surface area contributed by atoms with Gasteiger partial charge in [-0.3, -0.25) is 5.32 Å². The van der Waals surface area contributed by atoms with E-state index < -0.39 is 4.92 Å². The molecule has 0 saturated heterocycles. The summed E-state index contributed by atoms with van der Waals surface area (Å²) in [5.74, 6) is -0.0394. The minimum absolute atomic E-state index is 0.0394. The summed E-state index contributed by atoms with van der Waals surface area (Å²) in [4.78, 5) is 16.9. The molecule has 0 radical (unpaired) electrons. The van der Waals surface area contributed by atoms with E-state index in [1.165, 1.54) is 24.6 Å². The number of aromatic nitrogens is 1. The number of nitrogens with zero attached hydrogens (tertiary/aromatic N) is 3. The first-order valence-corrected chi connectivity index (χ1v) is 6.14. The van der Waals surface area contributed by atoms with E-state index in [4.69, 9.17) is 11.6 Å². The van der Waals surface area contributed by atoms with Gasteiger partial charge in [0.1, 0.15) is 0 Å². The van der Waals surface area contributed by atoms with Crippen molar-refractivity contribution in [3.63, 3.8) is 0 Å². The molecule has 0 bridgehead atoms. The summed E-state index contributed by atoms with van der Waals surface area (Å²) in [5.41, 5.74) is 0. The summed E-state index contributed by atoms with van der Waals surface area (Å²) in [6.07, 6.45) is 3.16. The Balaban J connectivity index is 2.75. The lowest BCUT2D eigenvalue weighted by Crippen LogP contribution is -2.22. The van der Waals surface area contributed by atoms with Crippen LogP contribution in [-0.4, -0.2) is 28.4 Å². The number of hydrogen-bond donors (Lipinski definition) is 1. The van der Waals surface area contributed by atoms with Gasteiger partial charge in [0.15, 0.2) is 4.47 Å². The predicted octanol–water partition coefficient (Wildman–Crippen LogP) is 1.91. The molecule has 0 aliphatic carbocycles. The monoisotopic (exact) mass is 276 g/mol. The van der Waals surface area contributed by atoms with Crippen molar-refractivity contribution in [3.05, 3.63) is 37.7 Å². The first kappa shape index (κ1) is 13.7. The number of nitro groups is 1. The zero-order chi connectivity index (χ0) is 12.8. The molecule has 0 aliphatic heterocycles. The maximum absolute atomic E-state index is 10.7. The second-order valence-corrected chi connectivity index (χ2v) is 4.86. The van der Waals surface area contributed by atoms with E-state index in [2.05, 4.69) is 10.3 Å². The Bertz CT molecular complexity index is 421. The molecule has 0 spiro atoms. The number of rotatable bonds is 6. The lowest BCUT2D eigenvalue weighted by atomic mass is 10.4. The van der Waals surface area contributed by atoms with E-state index in [0.29, 0.717) is 17.6 Å². The highest BCUT2D eigenvalue weighted by molar-refractivity contribution is 7.15. The third kappa shape index (κ3) is 4.20. The van der Waals surface area contributed by atoms with Crippen molar-refractivity contribution in [2.45, 2.75) is 13.5 Å². The van der Waals surface area contributed by atoms with Crippen LogP contribution in [-0.2, 0) is 6.54 Å². The summed E-state index contributed by atoms with van der Waals surface area (Å²) in [7, 11) is 1.52. The summed E-state index contributed by atoms with van der Waals surface area (Å²) in [6.45, 7) is 3.14. The maximum Gasteiger partial charge on any atom is 0.331 e. The second kappa shape index (κ2) is 6.41. The van der Waals surface area contributed by atoms with Crippen LogP contribution in [0.4, 0.5) is 0 Å². The highest BCUT2D eigenvalue weighted by Gasteiger charge is 2.09. The van der Waals surface area contributed by atoms with Gasteiger partial charge in [0.05, 0.1) is 19.8 Å². The predicted molar refractivity (Wildman–Crippen MR) is 67.3 cm³/mol. The fourth-order valence-electron chi connectivity index (χ4n) is 1.18. The Morgan fingerprint density at radius 2 is 2.53 bits per heavy atom. The molecule has 0 amide bonds. The Kier molecular flexibility index (Phi) is 5.17. The number of thiazole rings is 1. The van der Waals surface area contributed by atoms with Crippen molar-refractivity contribution in [2.24, 2.45) is 0 Å². The van der Waals surface area contributed by atoms with Gasteiger partial charge in [0.2, 0.25) is 0 Å². The normalized spacial score (nSPS) is 11.4. The first-order valence-electron chi connectivity index (χ1n) is 4.95. The molecule has 1 rings (SSSR count). The largest absolute Gasteiger partial charge is 0.366 e. The van der Waals surface area contributed by atoms with E-state index in [9.17, 15) is 10.1 Å². The van der Waals surface area contributed by atoms with Gasteiger partial charge < -0.3 is 15.0 Å². The van der Waals surface area contributed by atoms with Crippen LogP contribution in [0.1, 0.15) is 11.8 Å². The fraction of sp³-hybridized carbons (Fsp3) is 0.444. The molecular weight excluding hydrogens is 264 g/mol. The van der Waals surface area contributed by atoms with Gasteiger partial charge in [0.25, 0.3) is 0 Å². The average Bonchev–Trinajstić information content (AvgIpc) is 2.69. The Labute approximate surface area is 108 Å². The highest BCUT2D eigenvalue weighted by atomic mass is 35.5. The van der Waals surface area contributed by atoms with Crippen LogP contribution in [0.2, 0.25) is 4.47 Å².